The Morgan fingerprint density at radius 2 is 1.97 bits per heavy atom. The van der Waals surface area contributed by atoms with Crippen LogP contribution in [0.4, 0.5) is 4.39 Å². The van der Waals surface area contributed by atoms with Crippen molar-refractivity contribution in [3.63, 3.8) is 0 Å². The number of hydrogen-bond acceptors (Lipinski definition) is 5. The summed E-state index contributed by atoms with van der Waals surface area (Å²) in [5, 5.41) is 6.92. The van der Waals surface area contributed by atoms with Crippen molar-refractivity contribution in [1.29, 1.82) is 0 Å². The molecule has 0 bridgehead atoms. The first-order valence-corrected chi connectivity index (χ1v) is 11.5. The van der Waals surface area contributed by atoms with Crippen molar-refractivity contribution in [1.82, 2.24) is 20.4 Å². The van der Waals surface area contributed by atoms with Crippen molar-refractivity contribution in [2.24, 2.45) is 4.99 Å². The van der Waals surface area contributed by atoms with E-state index < -0.39 is 0 Å². The van der Waals surface area contributed by atoms with Crippen molar-refractivity contribution in [3.8, 4) is 0 Å². The number of aliphatic imine (C=N–C) groups is 1. The zero-order valence-corrected chi connectivity index (χ0v) is 21.7. The topological polar surface area (TPSA) is 61.4 Å². The molecule has 0 radical (unpaired) electrons. The zero-order valence-electron chi connectivity index (χ0n) is 19.4. The predicted molar refractivity (Wildman–Crippen MR) is 137 cm³/mol. The fourth-order valence-corrected chi connectivity index (χ4v) is 4.37. The first-order chi connectivity index (χ1) is 15.2. The van der Waals surface area contributed by atoms with E-state index in [9.17, 15) is 4.39 Å². The number of ether oxygens (including phenoxy) is 2. The molecule has 2 unspecified atom stereocenters. The second-order valence-corrected chi connectivity index (χ2v) is 8.14. The van der Waals surface area contributed by atoms with Crippen molar-refractivity contribution in [2.75, 3.05) is 72.7 Å². The van der Waals surface area contributed by atoms with Gasteiger partial charge >= 0.3 is 0 Å². The fraction of sp³-hybridized carbons (Fsp3) is 0.696. The van der Waals surface area contributed by atoms with Gasteiger partial charge in [-0.25, -0.2) is 4.39 Å². The normalized spacial score (nSPS) is 21.2. The van der Waals surface area contributed by atoms with Gasteiger partial charge in [-0.15, -0.1) is 24.0 Å². The van der Waals surface area contributed by atoms with Crippen LogP contribution in [0.1, 0.15) is 31.4 Å². The van der Waals surface area contributed by atoms with Crippen LogP contribution in [-0.4, -0.2) is 94.5 Å². The number of methoxy groups -OCH3 is 1. The van der Waals surface area contributed by atoms with Gasteiger partial charge in [-0.1, -0.05) is 12.1 Å². The number of rotatable bonds is 10. The second kappa shape index (κ2) is 15.0. The minimum absolute atomic E-state index is 0. The van der Waals surface area contributed by atoms with E-state index in [0.29, 0.717) is 12.6 Å². The summed E-state index contributed by atoms with van der Waals surface area (Å²) in [5.41, 5.74) is 1.09. The highest BCUT2D eigenvalue weighted by molar-refractivity contribution is 14.0. The molecule has 1 aromatic carbocycles. The van der Waals surface area contributed by atoms with Gasteiger partial charge < -0.3 is 20.1 Å². The Kier molecular flexibility index (Phi) is 12.8. The van der Waals surface area contributed by atoms with Gasteiger partial charge in [0.2, 0.25) is 0 Å². The maximum absolute atomic E-state index is 13.5. The van der Waals surface area contributed by atoms with Gasteiger partial charge in [0, 0.05) is 45.9 Å². The Morgan fingerprint density at radius 3 is 2.66 bits per heavy atom. The Labute approximate surface area is 209 Å². The molecule has 0 aromatic heterocycles. The molecule has 2 aliphatic heterocycles. The lowest BCUT2D eigenvalue weighted by molar-refractivity contribution is 0.0179. The number of morpholine rings is 1. The zero-order chi connectivity index (χ0) is 21.9. The number of hydrogen-bond donors (Lipinski definition) is 2. The largest absolute Gasteiger partial charge is 0.383 e. The molecule has 32 heavy (non-hydrogen) atoms. The fourth-order valence-electron chi connectivity index (χ4n) is 4.37. The minimum Gasteiger partial charge on any atom is -0.383 e. The quantitative estimate of drug-likeness (QED) is 0.259. The van der Waals surface area contributed by atoms with Crippen LogP contribution in [0.25, 0.3) is 0 Å². The average molecular weight is 564 g/mol. The first kappa shape index (κ1) is 27.2. The Bertz CT molecular complexity index is 673. The van der Waals surface area contributed by atoms with E-state index in [-0.39, 0.29) is 35.8 Å². The average Bonchev–Trinajstić information content (AvgIpc) is 3.25. The smallest absolute Gasteiger partial charge is 0.191 e. The minimum atomic E-state index is -0.211. The maximum Gasteiger partial charge on any atom is 0.191 e. The molecule has 0 saturated carbocycles. The summed E-state index contributed by atoms with van der Waals surface area (Å²) in [6, 6.07) is 7.42. The lowest BCUT2D eigenvalue weighted by Gasteiger charge is -2.34. The Hall–Kier alpha value is -1.01. The van der Waals surface area contributed by atoms with E-state index in [2.05, 4.69) is 27.4 Å². The van der Waals surface area contributed by atoms with Crippen molar-refractivity contribution < 1.29 is 13.9 Å². The molecule has 2 atom stereocenters. The SMILES string of the molecule is CCNC(=NCC(c1ccc(F)cc1)N1CCOCC1)NCC1CCCN1CCOC.I. The molecule has 3 rings (SSSR count). The van der Waals surface area contributed by atoms with E-state index in [1.54, 1.807) is 7.11 Å². The summed E-state index contributed by atoms with van der Waals surface area (Å²) < 4.78 is 24.3. The molecular weight excluding hydrogens is 524 g/mol. The van der Waals surface area contributed by atoms with Crippen molar-refractivity contribution in [2.45, 2.75) is 31.8 Å². The summed E-state index contributed by atoms with van der Waals surface area (Å²) in [5.74, 6) is 0.624. The lowest BCUT2D eigenvalue weighted by atomic mass is 10.0. The van der Waals surface area contributed by atoms with Crippen LogP contribution >= 0.6 is 24.0 Å². The van der Waals surface area contributed by atoms with Crippen LogP contribution in [0, 0.1) is 5.82 Å². The van der Waals surface area contributed by atoms with Crippen LogP contribution in [0.2, 0.25) is 0 Å². The van der Waals surface area contributed by atoms with Crippen LogP contribution in [0.5, 0.6) is 0 Å². The first-order valence-electron chi connectivity index (χ1n) is 11.5. The predicted octanol–water partition coefficient (Wildman–Crippen LogP) is 2.48. The number of benzene rings is 1. The van der Waals surface area contributed by atoms with Crippen LogP contribution in [-0.2, 0) is 9.47 Å². The lowest BCUT2D eigenvalue weighted by Crippen LogP contribution is -2.46. The monoisotopic (exact) mass is 563 g/mol. The second-order valence-electron chi connectivity index (χ2n) is 8.14. The van der Waals surface area contributed by atoms with Gasteiger partial charge in [-0.05, 0) is 44.0 Å². The number of guanidine groups is 1. The van der Waals surface area contributed by atoms with Gasteiger partial charge in [0.1, 0.15) is 5.82 Å². The van der Waals surface area contributed by atoms with Gasteiger partial charge in [0.15, 0.2) is 5.96 Å². The molecule has 0 aliphatic carbocycles. The number of likely N-dealkylation sites (tertiary alicyclic amines) is 1. The number of halogens is 2. The molecular formula is C23H39FIN5O2. The Balaban J connectivity index is 0.00000363. The molecule has 2 heterocycles. The molecule has 7 nitrogen and oxygen atoms in total. The highest BCUT2D eigenvalue weighted by atomic mass is 127. The summed E-state index contributed by atoms with van der Waals surface area (Å²) in [7, 11) is 1.76. The highest BCUT2D eigenvalue weighted by Gasteiger charge is 2.25. The van der Waals surface area contributed by atoms with Crippen molar-refractivity contribution >= 4 is 29.9 Å². The molecule has 2 aliphatic rings. The third-order valence-corrected chi connectivity index (χ3v) is 6.09. The van der Waals surface area contributed by atoms with Crippen LogP contribution in [0.3, 0.4) is 0 Å². The molecule has 0 spiro atoms. The van der Waals surface area contributed by atoms with Crippen LogP contribution < -0.4 is 10.6 Å². The van der Waals surface area contributed by atoms with E-state index in [0.717, 1.165) is 70.6 Å². The summed E-state index contributed by atoms with van der Waals surface area (Å²) in [4.78, 5) is 9.79. The molecule has 182 valence electrons. The standard InChI is InChI=1S/C23H38FN5O2.HI/c1-3-25-23(26-17-21-5-4-10-28(21)11-14-30-2)27-18-22(29-12-15-31-16-13-29)19-6-8-20(24)9-7-19;/h6-9,21-22H,3-5,10-18H2,1-2H3,(H2,25,26,27);1H. The maximum atomic E-state index is 13.5. The van der Waals surface area contributed by atoms with Gasteiger partial charge in [-0.3, -0.25) is 14.8 Å². The summed E-state index contributed by atoms with van der Waals surface area (Å²) in [6.45, 7) is 10.4. The highest BCUT2D eigenvalue weighted by Crippen LogP contribution is 2.23. The molecule has 2 N–H and O–H groups in total. The van der Waals surface area contributed by atoms with Gasteiger partial charge in [0.25, 0.3) is 0 Å². The Morgan fingerprint density at radius 1 is 1.22 bits per heavy atom. The van der Waals surface area contributed by atoms with E-state index in [4.69, 9.17) is 14.5 Å². The van der Waals surface area contributed by atoms with Gasteiger partial charge in [0.05, 0.1) is 32.4 Å². The van der Waals surface area contributed by atoms with Crippen molar-refractivity contribution in [3.05, 3.63) is 35.6 Å². The molecule has 2 saturated heterocycles. The third-order valence-electron chi connectivity index (χ3n) is 6.09. The summed E-state index contributed by atoms with van der Waals surface area (Å²) in [6.07, 6.45) is 2.43. The van der Waals surface area contributed by atoms with E-state index in [1.165, 1.54) is 25.0 Å². The van der Waals surface area contributed by atoms with E-state index >= 15 is 0 Å². The molecule has 1 aromatic rings. The molecule has 0 amide bonds. The number of nitrogens with zero attached hydrogens (tertiary/aromatic N) is 3. The van der Waals surface area contributed by atoms with Crippen LogP contribution in [0.15, 0.2) is 29.3 Å². The van der Waals surface area contributed by atoms with E-state index in [1.807, 2.05) is 12.1 Å². The number of nitrogens with one attached hydrogen (secondary N) is 2. The summed E-state index contributed by atoms with van der Waals surface area (Å²) >= 11 is 0. The molecule has 9 heteroatoms. The molecule has 2 fully saturated rings. The van der Waals surface area contributed by atoms with Gasteiger partial charge in [-0.2, -0.15) is 0 Å². The third kappa shape index (κ3) is 8.40.